The van der Waals surface area contributed by atoms with Crippen LogP contribution in [0.5, 0.6) is 0 Å². The quantitative estimate of drug-likeness (QED) is 0.706. The minimum absolute atomic E-state index is 0.0716. The van der Waals surface area contributed by atoms with Gasteiger partial charge in [0.2, 0.25) is 10.0 Å². The Kier molecular flexibility index (Phi) is 4.54. The first-order valence-corrected chi connectivity index (χ1v) is 7.23. The summed E-state index contributed by atoms with van der Waals surface area (Å²) in [5, 5.41) is 9.08. The van der Waals surface area contributed by atoms with Crippen molar-refractivity contribution in [3.63, 3.8) is 0 Å². The predicted molar refractivity (Wildman–Crippen MR) is 71.6 cm³/mol. The number of hydrogen-bond donors (Lipinski definition) is 3. The molecular weight excluding hydrogens is 271 g/mol. The maximum absolute atomic E-state index is 13.4. The predicted octanol–water partition coefficient (Wildman–Crippen LogP) is 1.01. The Bertz CT molecular complexity index is 547. The zero-order chi connectivity index (χ0) is 14.8. The standard InChI is InChI=1S/C12H19FN2O3S/c1-8-4-9(5-10(14)11(8)13)19(17,18)15-6-12(2,3)7-16/h4-5,15-16H,6-7,14H2,1-3H3. The molecular formula is C12H19FN2O3S. The van der Waals surface area contributed by atoms with Gasteiger partial charge in [0.15, 0.2) is 0 Å². The fraction of sp³-hybridized carbons (Fsp3) is 0.500. The summed E-state index contributed by atoms with van der Waals surface area (Å²) in [7, 11) is -3.77. The van der Waals surface area contributed by atoms with Crippen LogP contribution in [0.25, 0.3) is 0 Å². The topological polar surface area (TPSA) is 92.4 Å². The molecule has 0 aliphatic heterocycles. The van der Waals surface area contributed by atoms with Gasteiger partial charge in [-0.2, -0.15) is 0 Å². The normalized spacial score (nSPS) is 12.7. The molecule has 0 unspecified atom stereocenters. The number of nitrogen functional groups attached to an aromatic ring is 1. The van der Waals surface area contributed by atoms with E-state index in [9.17, 15) is 12.8 Å². The Morgan fingerprint density at radius 3 is 2.47 bits per heavy atom. The van der Waals surface area contributed by atoms with Gasteiger partial charge < -0.3 is 10.8 Å². The van der Waals surface area contributed by atoms with Crippen LogP contribution in [-0.2, 0) is 10.0 Å². The molecule has 0 aliphatic carbocycles. The third-order valence-corrected chi connectivity index (χ3v) is 4.12. The molecule has 0 heterocycles. The molecule has 0 saturated carbocycles. The van der Waals surface area contributed by atoms with Crippen LogP contribution >= 0.6 is 0 Å². The Morgan fingerprint density at radius 1 is 1.42 bits per heavy atom. The number of hydrogen-bond acceptors (Lipinski definition) is 4. The molecule has 0 fully saturated rings. The first-order valence-electron chi connectivity index (χ1n) is 5.75. The maximum atomic E-state index is 13.4. The van der Waals surface area contributed by atoms with Crippen LogP contribution in [0.4, 0.5) is 10.1 Å². The maximum Gasteiger partial charge on any atom is 0.240 e. The van der Waals surface area contributed by atoms with E-state index in [1.54, 1.807) is 13.8 Å². The number of benzene rings is 1. The monoisotopic (exact) mass is 290 g/mol. The summed E-state index contributed by atoms with van der Waals surface area (Å²) in [5.74, 6) is -0.616. The molecule has 0 radical (unpaired) electrons. The van der Waals surface area contributed by atoms with Crippen molar-refractivity contribution in [1.82, 2.24) is 4.72 Å². The van der Waals surface area contributed by atoms with Crippen LogP contribution in [0.1, 0.15) is 19.4 Å². The smallest absolute Gasteiger partial charge is 0.240 e. The molecule has 0 spiro atoms. The second-order valence-electron chi connectivity index (χ2n) is 5.29. The third kappa shape index (κ3) is 3.89. The molecule has 7 heteroatoms. The second kappa shape index (κ2) is 5.44. The molecule has 0 aliphatic rings. The minimum Gasteiger partial charge on any atom is -0.396 e. The highest BCUT2D eigenvalue weighted by Gasteiger charge is 2.22. The van der Waals surface area contributed by atoms with Crippen molar-refractivity contribution in [1.29, 1.82) is 0 Å². The van der Waals surface area contributed by atoms with E-state index in [2.05, 4.69) is 4.72 Å². The molecule has 0 atom stereocenters. The lowest BCUT2D eigenvalue weighted by molar-refractivity contribution is 0.163. The minimum atomic E-state index is -3.77. The van der Waals surface area contributed by atoms with Crippen molar-refractivity contribution in [3.05, 3.63) is 23.5 Å². The molecule has 5 nitrogen and oxygen atoms in total. The van der Waals surface area contributed by atoms with E-state index < -0.39 is 21.3 Å². The van der Waals surface area contributed by atoms with Crippen molar-refractivity contribution >= 4 is 15.7 Å². The fourth-order valence-electron chi connectivity index (χ4n) is 1.35. The summed E-state index contributed by atoms with van der Waals surface area (Å²) in [6.45, 7) is 4.81. The van der Waals surface area contributed by atoms with Gasteiger partial charge in [0.05, 0.1) is 10.6 Å². The van der Waals surface area contributed by atoms with E-state index in [1.807, 2.05) is 0 Å². The largest absolute Gasteiger partial charge is 0.396 e. The van der Waals surface area contributed by atoms with Crippen LogP contribution in [0.2, 0.25) is 0 Å². The van der Waals surface area contributed by atoms with Gasteiger partial charge in [-0.15, -0.1) is 0 Å². The number of rotatable bonds is 5. The molecule has 0 bridgehead atoms. The molecule has 0 aromatic heterocycles. The number of sulfonamides is 1. The van der Waals surface area contributed by atoms with Crippen molar-refractivity contribution in [2.24, 2.45) is 5.41 Å². The summed E-state index contributed by atoms with van der Waals surface area (Å²) < 4.78 is 39.8. The third-order valence-electron chi connectivity index (χ3n) is 2.74. The van der Waals surface area contributed by atoms with Gasteiger partial charge in [0, 0.05) is 18.6 Å². The van der Waals surface area contributed by atoms with E-state index >= 15 is 0 Å². The van der Waals surface area contributed by atoms with Gasteiger partial charge >= 0.3 is 0 Å². The number of nitrogens with one attached hydrogen (secondary N) is 1. The molecule has 1 rings (SSSR count). The number of nitrogens with two attached hydrogens (primary N) is 1. The van der Waals surface area contributed by atoms with Gasteiger partial charge in [0.25, 0.3) is 0 Å². The van der Waals surface area contributed by atoms with Crippen LogP contribution in [0, 0.1) is 18.2 Å². The highest BCUT2D eigenvalue weighted by atomic mass is 32.2. The van der Waals surface area contributed by atoms with Gasteiger partial charge in [-0.25, -0.2) is 17.5 Å². The second-order valence-corrected chi connectivity index (χ2v) is 7.06. The van der Waals surface area contributed by atoms with E-state index in [4.69, 9.17) is 10.8 Å². The first-order chi connectivity index (χ1) is 8.59. The fourth-order valence-corrected chi connectivity index (χ4v) is 2.71. The van der Waals surface area contributed by atoms with Crippen molar-refractivity contribution in [3.8, 4) is 0 Å². The SMILES string of the molecule is Cc1cc(S(=O)(=O)NCC(C)(C)CO)cc(N)c1F. The molecule has 1 aromatic carbocycles. The van der Waals surface area contributed by atoms with Gasteiger partial charge in [0.1, 0.15) is 5.82 Å². The molecule has 0 amide bonds. The number of aryl methyl sites for hydroxylation is 1. The van der Waals surface area contributed by atoms with Crippen molar-refractivity contribution in [2.45, 2.75) is 25.7 Å². The molecule has 108 valence electrons. The van der Waals surface area contributed by atoms with Gasteiger partial charge in [-0.1, -0.05) is 13.8 Å². The van der Waals surface area contributed by atoms with Crippen LogP contribution in [0.3, 0.4) is 0 Å². The van der Waals surface area contributed by atoms with E-state index in [-0.39, 0.29) is 29.3 Å². The summed E-state index contributed by atoms with van der Waals surface area (Å²) >= 11 is 0. The molecule has 19 heavy (non-hydrogen) atoms. The van der Waals surface area contributed by atoms with Crippen molar-refractivity contribution < 1.29 is 17.9 Å². The highest BCUT2D eigenvalue weighted by Crippen LogP contribution is 2.21. The number of aliphatic hydroxyl groups excluding tert-OH is 1. The van der Waals surface area contributed by atoms with E-state index in [0.717, 1.165) is 6.07 Å². The zero-order valence-corrected chi connectivity index (χ0v) is 12.0. The lowest BCUT2D eigenvalue weighted by Crippen LogP contribution is -2.36. The van der Waals surface area contributed by atoms with Crippen LogP contribution in [-0.4, -0.2) is 26.7 Å². The van der Waals surface area contributed by atoms with Gasteiger partial charge in [-0.05, 0) is 24.6 Å². The Labute approximate surface area is 112 Å². The average Bonchev–Trinajstić information content (AvgIpc) is 2.33. The van der Waals surface area contributed by atoms with Crippen LogP contribution in [0.15, 0.2) is 17.0 Å². The lowest BCUT2D eigenvalue weighted by atomic mass is 9.96. The lowest BCUT2D eigenvalue weighted by Gasteiger charge is -2.22. The number of halogens is 1. The Balaban J connectivity index is 3.02. The summed E-state index contributed by atoms with van der Waals surface area (Å²) in [4.78, 5) is -0.0855. The summed E-state index contributed by atoms with van der Waals surface area (Å²) in [5.41, 5.74) is 4.81. The summed E-state index contributed by atoms with van der Waals surface area (Å²) in [6, 6.07) is 2.30. The summed E-state index contributed by atoms with van der Waals surface area (Å²) in [6.07, 6.45) is 0. The highest BCUT2D eigenvalue weighted by molar-refractivity contribution is 7.89. The van der Waals surface area contributed by atoms with Gasteiger partial charge in [-0.3, -0.25) is 0 Å². The Morgan fingerprint density at radius 2 is 2.00 bits per heavy atom. The molecule has 0 saturated heterocycles. The average molecular weight is 290 g/mol. The molecule has 1 aromatic rings. The van der Waals surface area contributed by atoms with E-state index in [1.165, 1.54) is 13.0 Å². The zero-order valence-electron chi connectivity index (χ0n) is 11.2. The van der Waals surface area contributed by atoms with E-state index in [0.29, 0.717) is 0 Å². The first kappa shape index (κ1) is 15.9. The van der Waals surface area contributed by atoms with Crippen LogP contribution < -0.4 is 10.5 Å². The number of anilines is 1. The van der Waals surface area contributed by atoms with Crippen molar-refractivity contribution in [2.75, 3.05) is 18.9 Å². The Hall–Kier alpha value is -1.18. The molecule has 4 N–H and O–H groups in total. The number of aliphatic hydroxyl groups is 1.